The summed E-state index contributed by atoms with van der Waals surface area (Å²) in [6, 6.07) is 20.3. The topological polar surface area (TPSA) is 71.5 Å². The number of hydrogen-bond acceptors (Lipinski definition) is 4. The van der Waals surface area contributed by atoms with Gasteiger partial charge in [0.1, 0.15) is 5.75 Å². The summed E-state index contributed by atoms with van der Waals surface area (Å²) in [4.78, 5) is 32.4. The van der Waals surface area contributed by atoms with Crippen LogP contribution in [-0.4, -0.2) is 41.9 Å². The Kier molecular flexibility index (Phi) is 6.50. The lowest BCUT2D eigenvalue weighted by atomic mass is 9.89. The summed E-state index contributed by atoms with van der Waals surface area (Å²) >= 11 is 0. The van der Waals surface area contributed by atoms with Gasteiger partial charge in [0.25, 0.3) is 11.8 Å². The predicted molar refractivity (Wildman–Crippen MR) is 124 cm³/mol. The summed E-state index contributed by atoms with van der Waals surface area (Å²) in [5.41, 5.74) is 3.68. The van der Waals surface area contributed by atoms with E-state index in [9.17, 15) is 9.59 Å². The minimum atomic E-state index is -0.180. The van der Waals surface area contributed by atoms with Gasteiger partial charge in [-0.2, -0.15) is 0 Å². The second kappa shape index (κ2) is 9.64. The van der Waals surface area contributed by atoms with Crippen molar-refractivity contribution in [3.8, 4) is 5.75 Å². The zero-order valence-electron chi connectivity index (χ0n) is 18.4. The Balaban J connectivity index is 1.47. The number of nitrogens with zero attached hydrogens (tertiary/aromatic N) is 2. The van der Waals surface area contributed by atoms with Crippen LogP contribution in [0.25, 0.3) is 0 Å². The molecule has 4 rings (SSSR count). The van der Waals surface area contributed by atoms with Crippen molar-refractivity contribution in [2.45, 2.75) is 25.7 Å². The van der Waals surface area contributed by atoms with E-state index in [-0.39, 0.29) is 17.7 Å². The molecule has 0 spiro atoms. The first-order chi connectivity index (χ1) is 15.5. The molecule has 1 aliphatic heterocycles. The number of aryl methyl sites for hydroxylation is 1. The number of hydrogen-bond donors (Lipinski definition) is 1. The fourth-order valence-electron chi connectivity index (χ4n) is 4.07. The van der Waals surface area contributed by atoms with Gasteiger partial charge in [-0.05, 0) is 68.3 Å². The second-order valence-electron chi connectivity index (χ2n) is 8.00. The molecule has 1 fully saturated rings. The molecule has 1 aliphatic rings. The zero-order chi connectivity index (χ0) is 22.5. The molecular formula is C26H27N3O3. The van der Waals surface area contributed by atoms with Crippen LogP contribution in [0.1, 0.15) is 50.9 Å². The van der Waals surface area contributed by atoms with Crippen LogP contribution in [0.15, 0.2) is 66.7 Å². The van der Waals surface area contributed by atoms with Crippen LogP contribution in [0.3, 0.4) is 0 Å². The highest BCUT2D eigenvalue weighted by Gasteiger charge is 2.28. The number of carbonyl (C=O) groups is 2. The van der Waals surface area contributed by atoms with E-state index in [4.69, 9.17) is 9.72 Å². The fraction of sp³-hybridized carbons (Fsp3) is 0.269. The smallest absolute Gasteiger partial charge is 0.257 e. The molecule has 1 aromatic heterocycles. The second-order valence-corrected chi connectivity index (χ2v) is 8.00. The maximum absolute atomic E-state index is 13.1. The Morgan fingerprint density at radius 1 is 0.969 bits per heavy atom. The van der Waals surface area contributed by atoms with Crippen LogP contribution >= 0.6 is 0 Å². The quantitative estimate of drug-likeness (QED) is 0.640. The van der Waals surface area contributed by atoms with E-state index in [0.717, 1.165) is 30.0 Å². The van der Waals surface area contributed by atoms with Gasteiger partial charge in [0.15, 0.2) is 0 Å². The van der Waals surface area contributed by atoms with Gasteiger partial charge in [0, 0.05) is 36.0 Å². The number of pyridine rings is 1. The molecule has 2 aromatic carbocycles. The first kappa shape index (κ1) is 21.6. The summed E-state index contributed by atoms with van der Waals surface area (Å²) in [6.45, 7) is 3.23. The Morgan fingerprint density at radius 3 is 2.31 bits per heavy atom. The molecule has 1 saturated heterocycles. The largest absolute Gasteiger partial charge is 0.497 e. The summed E-state index contributed by atoms with van der Waals surface area (Å²) in [5, 5.41) is 2.96. The lowest BCUT2D eigenvalue weighted by Gasteiger charge is -2.32. The van der Waals surface area contributed by atoms with E-state index in [1.165, 1.54) is 0 Å². The molecule has 3 aromatic rings. The molecule has 0 radical (unpaired) electrons. The predicted octanol–water partition coefficient (Wildman–Crippen LogP) is 4.67. The third kappa shape index (κ3) is 4.80. The highest BCUT2D eigenvalue weighted by Crippen LogP contribution is 2.30. The maximum Gasteiger partial charge on any atom is 0.257 e. The monoisotopic (exact) mass is 429 g/mol. The molecule has 6 nitrogen and oxygen atoms in total. The van der Waals surface area contributed by atoms with Crippen molar-refractivity contribution in [1.82, 2.24) is 9.88 Å². The number of carbonyl (C=O) groups excluding carboxylic acids is 2. The van der Waals surface area contributed by atoms with Gasteiger partial charge in [-0.3, -0.25) is 14.6 Å². The molecule has 32 heavy (non-hydrogen) atoms. The van der Waals surface area contributed by atoms with Crippen molar-refractivity contribution in [3.05, 3.63) is 89.2 Å². The number of methoxy groups -OCH3 is 1. The van der Waals surface area contributed by atoms with E-state index in [1.807, 2.05) is 78.6 Å². The highest BCUT2D eigenvalue weighted by molar-refractivity contribution is 6.05. The van der Waals surface area contributed by atoms with Crippen molar-refractivity contribution in [2.24, 2.45) is 0 Å². The molecule has 0 unspecified atom stereocenters. The Hall–Kier alpha value is -3.67. The molecular weight excluding hydrogens is 402 g/mol. The molecule has 0 saturated carbocycles. The van der Waals surface area contributed by atoms with E-state index in [0.29, 0.717) is 29.9 Å². The van der Waals surface area contributed by atoms with Crippen molar-refractivity contribution in [1.29, 1.82) is 0 Å². The number of benzene rings is 2. The SMILES string of the molecule is COc1ccc(NC(=O)c2ccc(C)nc2C2CCN(C(=O)c3ccccc3)CC2)cc1. The van der Waals surface area contributed by atoms with Gasteiger partial charge in [-0.15, -0.1) is 0 Å². The summed E-state index contributed by atoms with van der Waals surface area (Å²) in [5.74, 6) is 0.739. The van der Waals surface area contributed by atoms with Crippen molar-refractivity contribution in [2.75, 3.05) is 25.5 Å². The maximum atomic E-state index is 13.1. The number of aromatic nitrogens is 1. The average Bonchev–Trinajstić information content (AvgIpc) is 2.84. The molecule has 0 aliphatic carbocycles. The molecule has 6 heteroatoms. The fourth-order valence-corrected chi connectivity index (χ4v) is 4.07. The highest BCUT2D eigenvalue weighted by atomic mass is 16.5. The van der Waals surface area contributed by atoms with Crippen LogP contribution in [0.2, 0.25) is 0 Å². The number of anilines is 1. The minimum Gasteiger partial charge on any atom is -0.497 e. The third-order valence-electron chi connectivity index (χ3n) is 5.85. The molecule has 2 amide bonds. The Morgan fingerprint density at radius 2 is 1.66 bits per heavy atom. The first-order valence-corrected chi connectivity index (χ1v) is 10.8. The van der Waals surface area contributed by atoms with Gasteiger partial charge in [0.2, 0.25) is 0 Å². The molecule has 0 atom stereocenters. The van der Waals surface area contributed by atoms with Gasteiger partial charge >= 0.3 is 0 Å². The van der Waals surface area contributed by atoms with Gasteiger partial charge in [-0.25, -0.2) is 0 Å². The normalized spacial score (nSPS) is 14.1. The lowest BCUT2D eigenvalue weighted by Crippen LogP contribution is -2.38. The van der Waals surface area contributed by atoms with E-state index in [2.05, 4.69) is 5.32 Å². The van der Waals surface area contributed by atoms with Crippen LogP contribution in [0.4, 0.5) is 5.69 Å². The molecule has 0 bridgehead atoms. The van der Waals surface area contributed by atoms with Crippen LogP contribution in [0.5, 0.6) is 5.75 Å². The summed E-state index contributed by atoms with van der Waals surface area (Å²) in [6.07, 6.45) is 1.55. The van der Waals surface area contributed by atoms with Gasteiger partial charge < -0.3 is 15.0 Å². The number of nitrogens with one attached hydrogen (secondary N) is 1. The summed E-state index contributed by atoms with van der Waals surface area (Å²) in [7, 11) is 1.61. The van der Waals surface area contributed by atoms with Crippen molar-refractivity contribution < 1.29 is 14.3 Å². The zero-order valence-corrected chi connectivity index (χ0v) is 18.4. The van der Waals surface area contributed by atoms with Crippen LogP contribution in [-0.2, 0) is 0 Å². The number of ether oxygens (including phenoxy) is 1. The Labute approximate surface area is 188 Å². The minimum absolute atomic E-state index is 0.0544. The van der Waals surface area contributed by atoms with E-state index >= 15 is 0 Å². The van der Waals surface area contributed by atoms with Crippen LogP contribution in [0, 0.1) is 6.92 Å². The molecule has 164 valence electrons. The summed E-state index contributed by atoms with van der Waals surface area (Å²) < 4.78 is 5.17. The first-order valence-electron chi connectivity index (χ1n) is 10.8. The van der Waals surface area contributed by atoms with Crippen LogP contribution < -0.4 is 10.1 Å². The number of piperidine rings is 1. The van der Waals surface area contributed by atoms with E-state index < -0.39 is 0 Å². The van der Waals surface area contributed by atoms with E-state index in [1.54, 1.807) is 7.11 Å². The molecule has 2 heterocycles. The number of likely N-dealkylation sites (tertiary alicyclic amines) is 1. The van der Waals surface area contributed by atoms with Gasteiger partial charge in [-0.1, -0.05) is 18.2 Å². The standard InChI is InChI=1S/C26H27N3O3/c1-18-8-13-23(25(30)28-21-9-11-22(32-2)12-10-21)24(27-18)19-14-16-29(17-15-19)26(31)20-6-4-3-5-7-20/h3-13,19H,14-17H2,1-2H3,(H,28,30). The average molecular weight is 430 g/mol. The van der Waals surface area contributed by atoms with Crippen molar-refractivity contribution in [3.63, 3.8) is 0 Å². The van der Waals surface area contributed by atoms with Crippen molar-refractivity contribution >= 4 is 17.5 Å². The van der Waals surface area contributed by atoms with Gasteiger partial charge in [0.05, 0.1) is 18.4 Å². The number of rotatable bonds is 5. The molecule has 1 N–H and O–H groups in total. The Bertz CT molecular complexity index is 1090. The number of amides is 2. The third-order valence-corrected chi connectivity index (χ3v) is 5.85. The lowest BCUT2D eigenvalue weighted by molar-refractivity contribution is 0.0711.